The lowest BCUT2D eigenvalue weighted by Crippen LogP contribution is -2.48. The second-order valence-corrected chi connectivity index (χ2v) is 15.2. The lowest BCUT2D eigenvalue weighted by molar-refractivity contribution is -0.148. The summed E-state index contributed by atoms with van der Waals surface area (Å²) < 4.78 is 15.9. The summed E-state index contributed by atoms with van der Waals surface area (Å²) in [4.78, 5) is 63.3. The van der Waals surface area contributed by atoms with Gasteiger partial charge in [-0.2, -0.15) is 0 Å². The maximum absolute atomic E-state index is 13.9. The van der Waals surface area contributed by atoms with E-state index in [0.717, 1.165) is 63.4 Å². The number of hydrogen-bond acceptors (Lipinski definition) is 10. The molecule has 4 atom stereocenters. The predicted molar refractivity (Wildman–Crippen MR) is 209 cm³/mol. The SMILES string of the molecule is COC(=O)C[C@H](C(=O)N1CCC[C@H]1c1ncc(-c2ccc(-c3ccc(-c4nnc([C@@H]5Cc6cccc7c6N5C(=O)[C@@H](NC(=O)OC)CC7)o4)cc3)cc2)[nH]1)C(C)C. The average molecular weight is 772 g/mol. The van der Waals surface area contributed by atoms with Crippen molar-refractivity contribution in [3.05, 3.63) is 95.8 Å². The molecule has 3 amide bonds. The maximum atomic E-state index is 13.9. The Kier molecular flexibility index (Phi) is 10.3. The zero-order chi connectivity index (χ0) is 39.8. The molecule has 0 saturated carbocycles. The van der Waals surface area contributed by atoms with Gasteiger partial charge >= 0.3 is 12.1 Å². The molecule has 5 heterocycles. The van der Waals surface area contributed by atoms with Gasteiger partial charge in [0.25, 0.3) is 0 Å². The van der Waals surface area contributed by atoms with Gasteiger partial charge in [-0.25, -0.2) is 9.78 Å². The zero-order valence-electron chi connectivity index (χ0n) is 32.4. The number of para-hydroxylation sites is 1. The fourth-order valence-corrected chi connectivity index (χ4v) is 8.35. The van der Waals surface area contributed by atoms with Crippen molar-refractivity contribution in [1.82, 2.24) is 30.4 Å². The van der Waals surface area contributed by atoms with Crippen molar-refractivity contribution in [2.24, 2.45) is 11.8 Å². The first kappa shape index (κ1) is 37.6. The van der Waals surface area contributed by atoms with Gasteiger partial charge in [0.15, 0.2) is 0 Å². The molecule has 1 saturated heterocycles. The van der Waals surface area contributed by atoms with E-state index < -0.39 is 24.1 Å². The molecule has 0 aliphatic carbocycles. The van der Waals surface area contributed by atoms with Crippen LogP contribution in [0.5, 0.6) is 0 Å². The van der Waals surface area contributed by atoms with E-state index in [0.29, 0.717) is 37.6 Å². The number of H-pyrrole nitrogens is 1. The topological polar surface area (TPSA) is 173 Å². The van der Waals surface area contributed by atoms with Crippen molar-refractivity contribution < 1.29 is 33.1 Å². The normalized spacial score (nSPS) is 19.3. The summed E-state index contributed by atoms with van der Waals surface area (Å²) in [6, 6.07) is 20.6. The van der Waals surface area contributed by atoms with Gasteiger partial charge in [0, 0.05) is 18.5 Å². The Bertz CT molecular complexity index is 2300. The fourth-order valence-electron chi connectivity index (χ4n) is 8.35. The number of nitrogens with zero attached hydrogens (tertiary/aromatic N) is 5. The van der Waals surface area contributed by atoms with Crippen molar-refractivity contribution in [3.8, 4) is 33.8 Å². The van der Waals surface area contributed by atoms with E-state index in [1.165, 1.54) is 14.2 Å². The van der Waals surface area contributed by atoms with E-state index in [2.05, 4.69) is 25.5 Å². The Hall–Kier alpha value is -6.31. The minimum absolute atomic E-state index is 0.00253. The van der Waals surface area contributed by atoms with Crippen LogP contribution in [0.15, 0.2) is 77.3 Å². The Balaban J connectivity index is 0.951. The summed E-state index contributed by atoms with van der Waals surface area (Å²) in [5.41, 5.74) is 7.49. The van der Waals surface area contributed by atoms with Crippen molar-refractivity contribution >= 4 is 29.6 Å². The summed E-state index contributed by atoms with van der Waals surface area (Å²) >= 11 is 0. The average Bonchev–Trinajstić information content (AvgIpc) is 4.06. The highest BCUT2D eigenvalue weighted by molar-refractivity contribution is 6.02. The monoisotopic (exact) mass is 771 g/mol. The smallest absolute Gasteiger partial charge is 0.407 e. The standard InChI is InChI=1S/C43H45N7O7/c1-24(2)31(22-36(51)55-3)41(52)49-20-6-9-34(49)38-44-23-33(45-38)27-14-10-25(11-15-27)26-12-16-29(17-13-26)39-47-48-40(57-39)35-21-30-8-5-7-28-18-19-32(46-43(54)56-4)42(53)50(35)37(28)30/h5,7-8,10-17,23-24,31-32,34-35H,6,9,18-22H2,1-4H3,(H,44,45)(H,46,54)/t31-,32-,34-,35-/m0/s1. The molecule has 14 heteroatoms. The lowest BCUT2D eigenvalue weighted by atomic mass is 9.91. The summed E-state index contributed by atoms with van der Waals surface area (Å²) in [7, 11) is 2.62. The Morgan fingerprint density at radius 2 is 1.60 bits per heavy atom. The minimum Gasteiger partial charge on any atom is -0.469 e. The van der Waals surface area contributed by atoms with Gasteiger partial charge in [-0.15, -0.1) is 10.2 Å². The van der Waals surface area contributed by atoms with Crippen LogP contribution in [0.3, 0.4) is 0 Å². The first-order valence-electron chi connectivity index (χ1n) is 19.4. The summed E-state index contributed by atoms with van der Waals surface area (Å²) in [6.45, 7) is 4.54. The van der Waals surface area contributed by atoms with Gasteiger partial charge in [-0.3, -0.25) is 19.3 Å². The Labute approximate surface area is 330 Å². The number of likely N-dealkylation sites (tertiary alicyclic amines) is 1. The minimum atomic E-state index is -0.747. The number of aromatic amines is 1. The predicted octanol–water partition coefficient (Wildman–Crippen LogP) is 6.59. The number of ether oxygens (including phenoxy) is 2. The van der Waals surface area contributed by atoms with Crippen LogP contribution in [0.25, 0.3) is 33.8 Å². The third-order valence-electron chi connectivity index (χ3n) is 11.5. The molecule has 8 rings (SSSR count). The second kappa shape index (κ2) is 15.7. The number of aryl methyl sites for hydroxylation is 1. The van der Waals surface area contributed by atoms with Crippen LogP contribution in [0.2, 0.25) is 0 Å². The van der Waals surface area contributed by atoms with Gasteiger partial charge in [-0.05, 0) is 71.6 Å². The first-order valence-corrected chi connectivity index (χ1v) is 19.4. The van der Waals surface area contributed by atoms with Crippen molar-refractivity contribution in [1.29, 1.82) is 0 Å². The number of hydrogen-bond donors (Lipinski definition) is 2. The number of carbonyl (C=O) groups excluding carboxylic acids is 4. The molecular formula is C43H45N7O7. The third-order valence-corrected chi connectivity index (χ3v) is 11.5. The maximum Gasteiger partial charge on any atom is 0.407 e. The lowest BCUT2D eigenvalue weighted by Gasteiger charge is -2.29. The van der Waals surface area contributed by atoms with E-state index in [9.17, 15) is 19.2 Å². The van der Waals surface area contributed by atoms with Gasteiger partial charge < -0.3 is 29.1 Å². The second-order valence-electron chi connectivity index (χ2n) is 15.2. The molecule has 5 aromatic rings. The van der Waals surface area contributed by atoms with E-state index >= 15 is 0 Å². The highest BCUT2D eigenvalue weighted by Gasteiger charge is 2.44. The number of esters is 1. The van der Waals surface area contributed by atoms with E-state index in [4.69, 9.17) is 13.9 Å². The highest BCUT2D eigenvalue weighted by Crippen LogP contribution is 2.45. The number of benzene rings is 3. The number of methoxy groups -OCH3 is 2. The number of alkyl carbamates (subject to hydrolysis) is 1. The number of anilines is 1. The molecule has 0 spiro atoms. The Morgan fingerprint density at radius 1 is 0.895 bits per heavy atom. The molecule has 3 aliphatic heterocycles. The van der Waals surface area contributed by atoms with Crippen molar-refractivity contribution in [3.63, 3.8) is 0 Å². The number of amides is 3. The molecule has 3 aliphatic rings. The number of nitrogens with one attached hydrogen (secondary N) is 2. The van der Waals surface area contributed by atoms with E-state index in [-0.39, 0.29) is 36.2 Å². The number of rotatable bonds is 10. The molecule has 1 fully saturated rings. The molecule has 294 valence electrons. The van der Waals surface area contributed by atoms with Gasteiger partial charge in [0.1, 0.15) is 17.9 Å². The molecule has 0 unspecified atom stereocenters. The molecule has 0 radical (unpaired) electrons. The van der Waals surface area contributed by atoms with Crippen LogP contribution in [-0.2, 0) is 36.7 Å². The number of aromatic nitrogens is 4. The molecule has 14 nitrogen and oxygen atoms in total. The largest absolute Gasteiger partial charge is 0.469 e. The fraction of sp³-hybridized carbons (Fsp3) is 0.372. The van der Waals surface area contributed by atoms with Crippen LogP contribution in [0, 0.1) is 11.8 Å². The third kappa shape index (κ3) is 7.27. The van der Waals surface area contributed by atoms with Crippen molar-refractivity contribution in [2.45, 2.75) is 70.5 Å². The van der Waals surface area contributed by atoms with Crippen LogP contribution >= 0.6 is 0 Å². The molecular weight excluding hydrogens is 727 g/mol. The van der Waals surface area contributed by atoms with Crippen LogP contribution in [0.1, 0.15) is 74.5 Å². The van der Waals surface area contributed by atoms with Crippen molar-refractivity contribution in [2.75, 3.05) is 25.7 Å². The van der Waals surface area contributed by atoms with E-state index in [1.807, 2.05) is 85.5 Å². The number of carbonyl (C=O) groups is 4. The van der Waals surface area contributed by atoms with Crippen LogP contribution in [0.4, 0.5) is 10.5 Å². The summed E-state index contributed by atoms with van der Waals surface area (Å²) in [5, 5.41) is 11.5. The molecule has 2 aromatic heterocycles. The summed E-state index contributed by atoms with van der Waals surface area (Å²) in [5.74, 6) is 0.295. The molecule has 3 aromatic carbocycles. The van der Waals surface area contributed by atoms with E-state index in [1.54, 1.807) is 11.1 Å². The number of imidazole rings is 1. The molecule has 0 bridgehead atoms. The van der Waals surface area contributed by atoms with Gasteiger partial charge in [0.05, 0.1) is 50.2 Å². The molecule has 57 heavy (non-hydrogen) atoms. The molecule has 2 N–H and O–H groups in total. The highest BCUT2D eigenvalue weighted by atomic mass is 16.5. The van der Waals surface area contributed by atoms with Gasteiger partial charge in [0.2, 0.25) is 23.6 Å². The van der Waals surface area contributed by atoms with Gasteiger partial charge in [-0.1, -0.05) is 68.4 Å². The quantitative estimate of drug-likeness (QED) is 0.148. The first-order chi connectivity index (χ1) is 27.6. The Morgan fingerprint density at radius 3 is 2.30 bits per heavy atom. The van der Waals surface area contributed by atoms with Crippen LogP contribution < -0.4 is 10.2 Å². The zero-order valence-corrected chi connectivity index (χ0v) is 32.4. The summed E-state index contributed by atoms with van der Waals surface area (Å²) in [6.07, 6.45) is 4.47. The van der Waals surface area contributed by atoms with Crippen LogP contribution in [-0.4, -0.2) is 75.7 Å².